The van der Waals surface area contributed by atoms with Crippen molar-refractivity contribution in [1.82, 2.24) is 0 Å². The lowest BCUT2D eigenvalue weighted by molar-refractivity contribution is 0.101. The van der Waals surface area contributed by atoms with Gasteiger partial charge in [-0.05, 0) is 43.4 Å². The highest BCUT2D eigenvalue weighted by Gasteiger charge is 2.22. The molecule has 3 nitrogen and oxygen atoms in total. The van der Waals surface area contributed by atoms with Crippen LogP contribution in [0.25, 0.3) is 0 Å². The van der Waals surface area contributed by atoms with E-state index < -0.39 is 0 Å². The lowest BCUT2D eigenvalue weighted by Gasteiger charge is -2.36. The van der Waals surface area contributed by atoms with Gasteiger partial charge in [-0.1, -0.05) is 13.8 Å². The molecular formula is C15H22N2O. The zero-order valence-electron chi connectivity index (χ0n) is 11.4. The minimum absolute atomic E-state index is 0.0273. The van der Waals surface area contributed by atoms with E-state index in [-0.39, 0.29) is 5.78 Å². The monoisotopic (exact) mass is 246 g/mol. The van der Waals surface area contributed by atoms with Gasteiger partial charge in [0.15, 0.2) is 5.78 Å². The molecule has 2 N–H and O–H groups in total. The number of benzene rings is 1. The first-order chi connectivity index (χ1) is 8.47. The van der Waals surface area contributed by atoms with E-state index in [2.05, 4.69) is 18.7 Å². The summed E-state index contributed by atoms with van der Waals surface area (Å²) in [5.74, 6) is 1.45. The standard InChI is InChI=1S/C15H22N2O/c1-10-6-11(2)9-17(8-10)13-4-5-14(12(3)18)15(16)7-13/h4-5,7,10-11H,6,8-9,16H2,1-3H3. The van der Waals surface area contributed by atoms with Crippen LogP contribution in [0.1, 0.15) is 37.6 Å². The fraction of sp³-hybridized carbons (Fsp3) is 0.533. The van der Waals surface area contributed by atoms with Crippen LogP contribution in [0.4, 0.5) is 11.4 Å². The van der Waals surface area contributed by atoms with Crippen molar-refractivity contribution in [3.63, 3.8) is 0 Å². The molecule has 3 heteroatoms. The first kappa shape index (κ1) is 12.9. The summed E-state index contributed by atoms with van der Waals surface area (Å²) in [6.07, 6.45) is 1.29. The molecule has 0 saturated carbocycles. The Bertz CT molecular complexity index is 446. The van der Waals surface area contributed by atoms with Crippen molar-refractivity contribution >= 4 is 17.2 Å². The van der Waals surface area contributed by atoms with Gasteiger partial charge in [0.2, 0.25) is 0 Å². The van der Waals surface area contributed by atoms with Crippen molar-refractivity contribution in [3.8, 4) is 0 Å². The smallest absolute Gasteiger partial charge is 0.161 e. The molecule has 2 atom stereocenters. The third kappa shape index (κ3) is 2.66. The maximum absolute atomic E-state index is 11.4. The molecule has 1 aromatic rings. The quantitative estimate of drug-likeness (QED) is 0.644. The number of piperidine rings is 1. The second kappa shape index (κ2) is 5.01. The van der Waals surface area contributed by atoms with Crippen LogP contribution in [0.2, 0.25) is 0 Å². The van der Waals surface area contributed by atoms with E-state index in [0.717, 1.165) is 18.8 Å². The van der Waals surface area contributed by atoms with Crippen molar-refractivity contribution < 1.29 is 4.79 Å². The molecule has 0 radical (unpaired) electrons. The predicted molar refractivity (Wildman–Crippen MR) is 76.0 cm³/mol. The molecule has 1 heterocycles. The third-order valence-electron chi connectivity index (χ3n) is 3.65. The van der Waals surface area contributed by atoms with Crippen molar-refractivity contribution in [2.24, 2.45) is 11.8 Å². The molecule has 2 unspecified atom stereocenters. The van der Waals surface area contributed by atoms with Crippen LogP contribution in [0.3, 0.4) is 0 Å². The topological polar surface area (TPSA) is 46.3 Å². The van der Waals surface area contributed by atoms with Crippen LogP contribution in [-0.4, -0.2) is 18.9 Å². The molecule has 2 rings (SSSR count). The molecule has 18 heavy (non-hydrogen) atoms. The van der Waals surface area contributed by atoms with Crippen molar-refractivity contribution in [2.75, 3.05) is 23.7 Å². The van der Waals surface area contributed by atoms with Gasteiger partial charge in [-0.3, -0.25) is 4.79 Å². The molecule has 1 aromatic carbocycles. The van der Waals surface area contributed by atoms with Gasteiger partial charge in [-0.15, -0.1) is 0 Å². The van der Waals surface area contributed by atoms with Gasteiger partial charge in [0.05, 0.1) is 0 Å². The number of nitrogens with zero attached hydrogens (tertiary/aromatic N) is 1. The fourth-order valence-corrected chi connectivity index (χ4v) is 2.94. The van der Waals surface area contributed by atoms with E-state index in [1.165, 1.54) is 6.42 Å². The van der Waals surface area contributed by atoms with E-state index in [1.807, 2.05) is 18.2 Å². The highest BCUT2D eigenvalue weighted by Crippen LogP contribution is 2.28. The molecule has 1 aliphatic heterocycles. The number of ketones is 1. The average molecular weight is 246 g/mol. The molecule has 0 aromatic heterocycles. The molecule has 0 amide bonds. The first-order valence-corrected chi connectivity index (χ1v) is 6.62. The van der Waals surface area contributed by atoms with Gasteiger partial charge >= 0.3 is 0 Å². The Morgan fingerprint density at radius 3 is 2.39 bits per heavy atom. The van der Waals surface area contributed by atoms with Gasteiger partial charge in [0.25, 0.3) is 0 Å². The molecule has 1 aliphatic rings. The Morgan fingerprint density at radius 1 is 1.28 bits per heavy atom. The number of nitrogens with two attached hydrogens (primary N) is 1. The van der Waals surface area contributed by atoms with E-state index in [4.69, 9.17) is 5.73 Å². The summed E-state index contributed by atoms with van der Waals surface area (Å²) in [4.78, 5) is 13.7. The lowest BCUT2D eigenvalue weighted by atomic mass is 9.91. The Balaban J connectivity index is 2.23. The minimum Gasteiger partial charge on any atom is -0.398 e. The van der Waals surface area contributed by atoms with Gasteiger partial charge in [0.1, 0.15) is 0 Å². The van der Waals surface area contributed by atoms with Crippen molar-refractivity contribution in [2.45, 2.75) is 27.2 Å². The van der Waals surface area contributed by atoms with Crippen molar-refractivity contribution in [1.29, 1.82) is 0 Å². The summed E-state index contributed by atoms with van der Waals surface area (Å²) in [5.41, 5.74) is 8.30. The van der Waals surface area contributed by atoms with Crippen LogP contribution in [0.15, 0.2) is 18.2 Å². The van der Waals surface area contributed by atoms with Gasteiger partial charge in [-0.2, -0.15) is 0 Å². The summed E-state index contributed by atoms with van der Waals surface area (Å²) in [7, 11) is 0. The Labute approximate surface area is 109 Å². The van der Waals surface area contributed by atoms with Gasteiger partial charge in [-0.25, -0.2) is 0 Å². The number of carbonyl (C=O) groups is 1. The van der Waals surface area contributed by atoms with E-state index in [9.17, 15) is 4.79 Å². The number of anilines is 2. The van der Waals surface area contributed by atoms with Crippen LogP contribution in [0, 0.1) is 11.8 Å². The minimum atomic E-state index is 0.0273. The average Bonchev–Trinajstić information content (AvgIpc) is 2.26. The second-order valence-corrected chi connectivity index (χ2v) is 5.68. The van der Waals surface area contributed by atoms with Crippen LogP contribution >= 0.6 is 0 Å². The summed E-state index contributed by atoms with van der Waals surface area (Å²) in [6.45, 7) is 8.27. The molecule has 0 aliphatic carbocycles. The molecular weight excluding hydrogens is 224 g/mol. The molecule has 98 valence electrons. The summed E-state index contributed by atoms with van der Waals surface area (Å²) < 4.78 is 0. The number of hydrogen-bond donors (Lipinski definition) is 1. The molecule has 0 bridgehead atoms. The number of Topliss-reactive ketones (excluding diaryl/α,β-unsaturated/α-hetero) is 1. The highest BCUT2D eigenvalue weighted by atomic mass is 16.1. The van der Waals surface area contributed by atoms with E-state index in [1.54, 1.807) is 6.92 Å². The Hall–Kier alpha value is -1.51. The van der Waals surface area contributed by atoms with Crippen LogP contribution < -0.4 is 10.6 Å². The maximum atomic E-state index is 11.4. The zero-order chi connectivity index (χ0) is 13.3. The summed E-state index contributed by atoms with van der Waals surface area (Å²) in [5, 5.41) is 0. The normalized spacial score (nSPS) is 24.1. The number of rotatable bonds is 2. The van der Waals surface area contributed by atoms with Gasteiger partial charge in [0, 0.05) is 30.0 Å². The summed E-state index contributed by atoms with van der Waals surface area (Å²) >= 11 is 0. The molecule has 1 saturated heterocycles. The van der Waals surface area contributed by atoms with E-state index >= 15 is 0 Å². The summed E-state index contributed by atoms with van der Waals surface area (Å²) in [6, 6.07) is 5.79. The van der Waals surface area contributed by atoms with E-state index in [0.29, 0.717) is 23.1 Å². The predicted octanol–water partition coefficient (Wildman–Crippen LogP) is 2.95. The second-order valence-electron chi connectivity index (χ2n) is 5.68. The first-order valence-electron chi connectivity index (χ1n) is 6.62. The van der Waals surface area contributed by atoms with Crippen LogP contribution in [0.5, 0.6) is 0 Å². The molecule has 1 fully saturated rings. The van der Waals surface area contributed by atoms with Gasteiger partial charge < -0.3 is 10.6 Å². The molecule has 0 spiro atoms. The number of nitrogen functional groups attached to an aromatic ring is 1. The zero-order valence-corrected chi connectivity index (χ0v) is 11.4. The van der Waals surface area contributed by atoms with Crippen LogP contribution in [-0.2, 0) is 0 Å². The number of carbonyl (C=O) groups excluding carboxylic acids is 1. The fourth-order valence-electron chi connectivity index (χ4n) is 2.94. The number of hydrogen-bond acceptors (Lipinski definition) is 3. The maximum Gasteiger partial charge on any atom is 0.161 e. The lowest BCUT2D eigenvalue weighted by Crippen LogP contribution is -2.38. The SMILES string of the molecule is CC(=O)c1ccc(N2CC(C)CC(C)C2)cc1N. The largest absolute Gasteiger partial charge is 0.398 e. The Morgan fingerprint density at radius 2 is 1.89 bits per heavy atom. The third-order valence-corrected chi connectivity index (χ3v) is 3.65. The highest BCUT2D eigenvalue weighted by molar-refractivity contribution is 5.99. The Kier molecular flexibility index (Phi) is 3.60. The van der Waals surface area contributed by atoms with Crippen molar-refractivity contribution in [3.05, 3.63) is 23.8 Å².